The Morgan fingerprint density at radius 1 is 0.790 bits per heavy atom. The highest BCUT2D eigenvalue weighted by Crippen LogP contribution is 2.34. The minimum Gasteiger partial charge on any atom is -0.361 e. The summed E-state index contributed by atoms with van der Waals surface area (Å²) >= 11 is 0. The molecule has 6 fully saturated rings. The van der Waals surface area contributed by atoms with Gasteiger partial charge in [-0.3, -0.25) is 33.6 Å². The van der Waals surface area contributed by atoms with Crippen molar-refractivity contribution in [3.05, 3.63) is 11.1 Å². The Kier molecular flexibility index (Phi) is 21.5. The minimum absolute atomic E-state index is 0.00231. The predicted molar refractivity (Wildman–Crippen MR) is 238 cm³/mol. The average molecular weight is 868 g/mol. The number of carbonyl (C=O) groups is 7. The molecule has 348 valence electrons. The number of rotatable bonds is 9. The number of fused-ring (bicyclic) bond motifs is 2. The van der Waals surface area contributed by atoms with Crippen LogP contribution in [0.1, 0.15) is 154 Å². The molecule has 6 aliphatic heterocycles. The van der Waals surface area contributed by atoms with Crippen molar-refractivity contribution in [1.82, 2.24) is 24.5 Å². The monoisotopic (exact) mass is 868 g/mol. The summed E-state index contributed by atoms with van der Waals surface area (Å²) in [6.45, 7) is 27.6. The molecule has 1 unspecified atom stereocenters. The summed E-state index contributed by atoms with van der Waals surface area (Å²) < 4.78 is 0. The Morgan fingerprint density at radius 2 is 1.29 bits per heavy atom. The summed E-state index contributed by atoms with van der Waals surface area (Å²) in [6, 6.07) is 1.87. The van der Waals surface area contributed by atoms with E-state index in [0.717, 1.165) is 64.4 Å². The second-order valence-electron chi connectivity index (χ2n) is 18.5. The van der Waals surface area contributed by atoms with Gasteiger partial charge in [0.2, 0.25) is 23.5 Å². The van der Waals surface area contributed by atoms with Crippen LogP contribution in [0.5, 0.6) is 0 Å². The summed E-state index contributed by atoms with van der Waals surface area (Å²) in [7, 11) is 0. The van der Waals surface area contributed by atoms with Gasteiger partial charge in [-0.2, -0.15) is 9.58 Å². The Morgan fingerprint density at radius 3 is 1.63 bits per heavy atom. The molecule has 6 aliphatic rings. The second-order valence-corrected chi connectivity index (χ2v) is 18.5. The van der Waals surface area contributed by atoms with Gasteiger partial charge in [0, 0.05) is 81.7 Å². The number of amides is 5. The zero-order chi connectivity index (χ0) is 47.2. The largest absolute Gasteiger partial charge is 0.421 e. The van der Waals surface area contributed by atoms with E-state index in [-0.39, 0.29) is 47.7 Å². The van der Waals surface area contributed by atoms with Crippen LogP contribution >= 0.6 is 0 Å². The molecule has 5 amide bonds. The van der Waals surface area contributed by atoms with Gasteiger partial charge in [-0.25, -0.2) is 0 Å². The molecule has 6 saturated heterocycles. The van der Waals surface area contributed by atoms with E-state index >= 15 is 0 Å². The van der Waals surface area contributed by atoms with Crippen molar-refractivity contribution in [3.8, 4) is 0 Å². The molecule has 0 aromatic heterocycles. The van der Waals surface area contributed by atoms with E-state index in [2.05, 4.69) is 40.2 Å². The lowest BCUT2D eigenvalue weighted by Gasteiger charge is -2.30. The van der Waals surface area contributed by atoms with E-state index in [4.69, 9.17) is 11.1 Å². The molecule has 0 spiro atoms. The lowest BCUT2D eigenvalue weighted by atomic mass is 9.90. The average Bonchev–Trinajstić information content (AvgIpc) is 4.06. The molecule has 0 aliphatic carbocycles. The summed E-state index contributed by atoms with van der Waals surface area (Å²) in [4.78, 5) is 94.7. The van der Waals surface area contributed by atoms with E-state index < -0.39 is 23.3 Å². The molecular weight excluding hydrogens is 791 g/mol. The molecule has 0 aromatic carbocycles. The number of ketones is 2. The SMILES string of the molecule is CC(=O)[C@@H]1C(=O)N(C(C)C)[C@H](C)[C@H]1C.CCC1CCCN1C(=O)C=[N+]=[N-].CC[C@@H](C)N(C(=O)C(=[N+]=[N-])C(C)=O)C(C)C.C[C@@H]1CC(=O)N2CCC[C@@H]12.C[C@H]1CC(=O)N2CCC[C@@H]12. The minimum atomic E-state index is -0.526. The third kappa shape index (κ3) is 13.5. The maximum Gasteiger partial charge on any atom is 0.421 e. The van der Waals surface area contributed by atoms with Gasteiger partial charge < -0.3 is 35.6 Å². The molecule has 6 rings (SSSR count). The molecule has 9 atom stereocenters. The summed E-state index contributed by atoms with van der Waals surface area (Å²) in [5.74, 6) is 0.525. The highest BCUT2D eigenvalue weighted by atomic mass is 16.2. The first-order valence-corrected chi connectivity index (χ1v) is 23.1. The highest BCUT2D eigenvalue weighted by molar-refractivity contribution is 6.63. The van der Waals surface area contributed by atoms with Crippen molar-refractivity contribution in [3.63, 3.8) is 0 Å². The normalized spacial score (nSPS) is 27.3. The number of Topliss-reactive ketones (excluding diaryl/α,β-unsaturated/α-hetero) is 2. The van der Waals surface area contributed by atoms with Crippen molar-refractivity contribution >= 4 is 53.0 Å². The van der Waals surface area contributed by atoms with Crippen LogP contribution in [0.25, 0.3) is 11.1 Å². The smallest absolute Gasteiger partial charge is 0.361 e. The highest BCUT2D eigenvalue weighted by Gasteiger charge is 2.46. The molecule has 0 bridgehead atoms. The molecule has 16 nitrogen and oxygen atoms in total. The van der Waals surface area contributed by atoms with Gasteiger partial charge >= 0.3 is 23.7 Å². The van der Waals surface area contributed by atoms with Gasteiger partial charge in [0.05, 0.1) is 0 Å². The van der Waals surface area contributed by atoms with Crippen molar-refractivity contribution in [1.29, 1.82) is 0 Å². The quantitative estimate of drug-likeness (QED) is 0.126. The van der Waals surface area contributed by atoms with Crippen LogP contribution in [0.2, 0.25) is 0 Å². The first kappa shape index (κ1) is 53.6. The second kappa shape index (κ2) is 24.9. The van der Waals surface area contributed by atoms with E-state index in [1.54, 1.807) is 9.80 Å². The Hall–Kier alpha value is -4.55. The Labute approximate surface area is 370 Å². The fourth-order valence-corrected chi connectivity index (χ4v) is 10.0. The van der Waals surface area contributed by atoms with Crippen LogP contribution in [0.4, 0.5) is 0 Å². The number of nitrogens with zero attached hydrogens (tertiary/aromatic N) is 9. The van der Waals surface area contributed by atoms with E-state index in [1.165, 1.54) is 39.5 Å². The lowest BCUT2D eigenvalue weighted by Crippen LogP contribution is -2.48. The third-order valence-electron chi connectivity index (χ3n) is 13.6. The Bertz CT molecular complexity index is 1670. The zero-order valence-electron chi connectivity index (χ0n) is 40.0. The van der Waals surface area contributed by atoms with Crippen molar-refractivity contribution in [2.75, 3.05) is 19.6 Å². The van der Waals surface area contributed by atoms with Crippen LogP contribution in [0, 0.1) is 23.7 Å². The summed E-state index contributed by atoms with van der Waals surface area (Å²) in [6.07, 6.45) is 11.4. The molecule has 0 radical (unpaired) electrons. The molecule has 62 heavy (non-hydrogen) atoms. The molecular formula is C46H77N9O7. The fraction of sp³-hybridized carbons (Fsp3) is 0.804. The predicted octanol–water partition coefficient (Wildman–Crippen LogP) is 5.47. The lowest BCUT2D eigenvalue weighted by molar-refractivity contribution is -0.138. The Balaban J connectivity index is 0.000000269. The molecule has 16 heteroatoms. The number of carbonyl (C=O) groups excluding carboxylic acids is 7. The van der Waals surface area contributed by atoms with E-state index in [9.17, 15) is 33.6 Å². The number of hydrogen-bond acceptors (Lipinski definition) is 7. The summed E-state index contributed by atoms with van der Waals surface area (Å²) in [5, 5.41) is 0. The standard InChI is InChI=1S/C11H19N3O2.C11H19NO2.C8H13N3O.2C8H13NO/c1-6-8(4)14(7(2)3)11(16)10(13-12)9(5)15;1-6(2)12-8(4)7(3)10(9(5)13)11(12)14;1-2-7-4-3-5-11(7)8(12)6-10-9;2*1-6-5-8(10)9-4-2-3-7(6)9/h7-8H,6H2,1-5H3;6-8,10H,1-5H3;6-7H,2-5H2,1H3;2*6-7H,2-5H2,1H3/t8-;7-,8-,10-;;6-,7+;6-,7-/m11.10/s1. The molecule has 0 saturated carbocycles. The molecule has 0 aromatic rings. The molecule has 0 N–H and O–H groups in total. The number of likely N-dealkylation sites (tertiary alicyclic amines) is 2. The van der Waals surface area contributed by atoms with Gasteiger partial charge in [0.1, 0.15) is 11.7 Å². The topological polar surface area (TPSA) is 208 Å². The van der Waals surface area contributed by atoms with Crippen molar-refractivity contribution in [2.24, 2.45) is 23.7 Å². The van der Waals surface area contributed by atoms with Gasteiger partial charge in [0.15, 0.2) is 0 Å². The van der Waals surface area contributed by atoms with Gasteiger partial charge in [0.25, 0.3) is 0 Å². The fourth-order valence-electron chi connectivity index (χ4n) is 10.0. The van der Waals surface area contributed by atoms with Crippen LogP contribution in [-0.2, 0) is 33.6 Å². The first-order valence-electron chi connectivity index (χ1n) is 23.1. The van der Waals surface area contributed by atoms with Crippen LogP contribution in [-0.4, -0.2) is 149 Å². The summed E-state index contributed by atoms with van der Waals surface area (Å²) in [5.41, 5.74) is 16.4. The van der Waals surface area contributed by atoms with Crippen molar-refractivity contribution in [2.45, 2.75) is 197 Å². The van der Waals surface area contributed by atoms with Crippen LogP contribution < -0.4 is 0 Å². The van der Waals surface area contributed by atoms with Gasteiger partial charge in [-0.05, 0) is 118 Å². The van der Waals surface area contributed by atoms with Crippen molar-refractivity contribution < 1.29 is 43.1 Å². The van der Waals surface area contributed by atoms with Crippen LogP contribution in [0.15, 0.2) is 0 Å². The molecule has 6 heterocycles. The maximum absolute atomic E-state index is 12.0. The first-order chi connectivity index (χ1) is 29.1. The maximum atomic E-state index is 12.0. The van der Waals surface area contributed by atoms with E-state index in [0.29, 0.717) is 41.8 Å². The van der Waals surface area contributed by atoms with Gasteiger partial charge in [-0.15, -0.1) is 0 Å². The zero-order valence-corrected chi connectivity index (χ0v) is 40.0. The van der Waals surface area contributed by atoms with Gasteiger partial charge in [-0.1, -0.05) is 34.6 Å². The number of hydrogen-bond donors (Lipinski definition) is 0. The third-order valence-corrected chi connectivity index (χ3v) is 13.6. The van der Waals surface area contributed by atoms with E-state index in [1.807, 2.05) is 60.3 Å². The van der Waals surface area contributed by atoms with Crippen LogP contribution in [0.3, 0.4) is 0 Å².